The lowest BCUT2D eigenvalue weighted by Gasteiger charge is -2.16. The third-order valence-electron chi connectivity index (χ3n) is 2.79. The van der Waals surface area contributed by atoms with Crippen LogP contribution in [0.3, 0.4) is 0 Å². The van der Waals surface area contributed by atoms with Gasteiger partial charge in [0.1, 0.15) is 0 Å². The van der Waals surface area contributed by atoms with Gasteiger partial charge in [0.15, 0.2) is 5.82 Å². The van der Waals surface area contributed by atoms with Gasteiger partial charge in [0, 0.05) is 12.4 Å². The molecule has 0 saturated heterocycles. The van der Waals surface area contributed by atoms with Crippen LogP contribution in [0.4, 0.5) is 0 Å². The number of pyridine rings is 1. The molecule has 0 aliphatic carbocycles. The van der Waals surface area contributed by atoms with Crippen molar-refractivity contribution in [2.24, 2.45) is 5.73 Å². The van der Waals surface area contributed by atoms with E-state index in [1.165, 1.54) is 0 Å². The van der Waals surface area contributed by atoms with Gasteiger partial charge >= 0.3 is 0 Å². The van der Waals surface area contributed by atoms with E-state index in [0.717, 1.165) is 17.5 Å². The molecule has 0 aliphatic heterocycles. The molecule has 2 rings (SSSR count). The summed E-state index contributed by atoms with van der Waals surface area (Å²) >= 11 is 0. The number of aromatic nitrogens is 3. The van der Waals surface area contributed by atoms with Crippen LogP contribution in [0.2, 0.25) is 0 Å². The standard InChI is InChI=1S/C12H16N4O/c1-4-12(3,13)11-15-10(17-16-11)9-5-8(2)6-14-7-9/h5-7H,4,13H2,1-3H3. The van der Waals surface area contributed by atoms with E-state index in [-0.39, 0.29) is 0 Å². The molecule has 2 heterocycles. The first-order valence-corrected chi connectivity index (χ1v) is 5.58. The van der Waals surface area contributed by atoms with Crippen molar-refractivity contribution in [2.75, 3.05) is 0 Å². The Kier molecular flexibility index (Phi) is 2.93. The quantitative estimate of drug-likeness (QED) is 0.876. The lowest BCUT2D eigenvalue weighted by atomic mass is 10.0. The molecule has 2 aromatic rings. The molecule has 0 fully saturated rings. The van der Waals surface area contributed by atoms with Crippen LogP contribution in [0.1, 0.15) is 31.7 Å². The summed E-state index contributed by atoms with van der Waals surface area (Å²) in [4.78, 5) is 8.41. The zero-order chi connectivity index (χ0) is 12.5. The summed E-state index contributed by atoms with van der Waals surface area (Å²) < 4.78 is 5.21. The second-order valence-electron chi connectivity index (χ2n) is 4.45. The molecule has 2 N–H and O–H groups in total. The summed E-state index contributed by atoms with van der Waals surface area (Å²) in [6, 6.07) is 1.95. The molecule has 1 unspecified atom stereocenters. The summed E-state index contributed by atoms with van der Waals surface area (Å²) in [5, 5.41) is 3.93. The first-order valence-electron chi connectivity index (χ1n) is 5.58. The van der Waals surface area contributed by atoms with Crippen LogP contribution in [0.15, 0.2) is 23.0 Å². The van der Waals surface area contributed by atoms with Crippen molar-refractivity contribution in [3.8, 4) is 11.5 Å². The maximum atomic E-state index is 6.06. The third kappa shape index (κ3) is 2.34. The average molecular weight is 232 g/mol. The molecule has 0 aliphatic rings. The first kappa shape index (κ1) is 11.7. The van der Waals surface area contributed by atoms with Gasteiger partial charge in [-0.25, -0.2) is 0 Å². The SMILES string of the molecule is CCC(C)(N)c1noc(-c2cncc(C)c2)n1. The van der Waals surface area contributed by atoms with Crippen LogP contribution in [-0.4, -0.2) is 15.1 Å². The van der Waals surface area contributed by atoms with Gasteiger partial charge in [-0.15, -0.1) is 0 Å². The summed E-state index contributed by atoms with van der Waals surface area (Å²) in [6.45, 7) is 5.84. The maximum Gasteiger partial charge on any atom is 0.259 e. The molecule has 1 atom stereocenters. The van der Waals surface area contributed by atoms with Gasteiger partial charge in [-0.3, -0.25) is 4.98 Å². The molecule has 5 heteroatoms. The zero-order valence-electron chi connectivity index (χ0n) is 10.3. The van der Waals surface area contributed by atoms with E-state index in [1.54, 1.807) is 12.4 Å². The zero-order valence-corrected chi connectivity index (χ0v) is 10.3. The van der Waals surface area contributed by atoms with Crippen molar-refractivity contribution in [2.45, 2.75) is 32.7 Å². The third-order valence-corrected chi connectivity index (χ3v) is 2.79. The molecule has 0 saturated carbocycles. The van der Waals surface area contributed by atoms with Gasteiger partial charge in [-0.2, -0.15) is 4.98 Å². The van der Waals surface area contributed by atoms with Crippen LogP contribution in [0.5, 0.6) is 0 Å². The van der Waals surface area contributed by atoms with E-state index < -0.39 is 5.54 Å². The topological polar surface area (TPSA) is 77.8 Å². The molecule has 5 nitrogen and oxygen atoms in total. The van der Waals surface area contributed by atoms with E-state index in [1.807, 2.05) is 26.8 Å². The molecule has 0 spiro atoms. The van der Waals surface area contributed by atoms with Crippen molar-refractivity contribution in [3.05, 3.63) is 29.8 Å². The maximum absolute atomic E-state index is 6.06. The van der Waals surface area contributed by atoms with Crippen molar-refractivity contribution in [3.63, 3.8) is 0 Å². The van der Waals surface area contributed by atoms with Gasteiger partial charge in [-0.1, -0.05) is 12.1 Å². The molecule has 0 amide bonds. The van der Waals surface area contributed by atoms with E-state index in [0.29, 0.717) is 11.7 Å². The fraction of sp³-hybridized carbons (Fsp3) is 0.417. The molecule has 0 bridgehead atoms. The number of hydrogen-bond donors (Lipinski definition) is 1. The Morgan fingerprint density at radius 3 is 2.82 bits per heavy atom. The molecule has 2 aromatic heterocycles. The fourth-order valence-corrected chi connectivity index (χ4v) is 1.40. The van der Waals surface area contributed by atoms with Crippen LogP contribution >= 0.6 is 0 Å². The predicted octanol–water partition coefficient (Wildman–Crippen LogP) is 2.02. The van der Waals surface area contributed by atoms with Crippen molar-refractivity contribution in [1.82, 2.24) is 15.1 Å². The Bertz CT molecular complexity index is 519. The Morgan fingerprint density at radius 1 is 1.41 bits per heavy atom. The van der Waals surface area contributed by atoms with E-state index in [2.05, 4.69) is 15.1 Å². The minimum Gasteiger partial charge on any atom is -0.334 e. The molecule has 90 valence electrons. The van der Waals surface area contributed by atoms with Gasteiger partial charge in [0.2, 0.25) is 0 Å². The monoisotopic (exact) mass is 232 g/mol. The van der Waals surface area contributed by atoms with Crippen LogP contribution in [0.25, 0.3) is 11.5 Å². The summed E-state index contributed by atoms with van der Waals surface area (Å²) in [6.07, 6.45) is 4.22. The number of nitrogens with two attached hydrogens (primary N) is 1. The first-order chi connectivity index (χ1) is 8.03. The van der Waals surface area contributed by atoms with E-state index in [9.17, 15) is 0 Å². The van der Waals surface area contributed by atoms with Crippen molar-refractivity contribution in [1.29, 1.82) is 0 Å². The van der Waals surface area contributed by atoms with Gasteiger partial charge in [0.25, 0.3) is 5.89 Å². The lowest BCUT2D eigenvalue weighted by molar-refractivity contribution is 0.379. The second kappa shape index (κ2) is 4.25. The van der Waals surface area contributed by atoms with Gasteiger partial charge < -0.3 is 10.3 Å². The Labute approximate surface area is 100 Å². The minimum absolute atomic E-state index is 0.460. The van der Waals surface area contributed by atoms with Crippen molar-refractivity contribution < 1.29 is 4.52 Å². The summed E-state index contributed by atoms with van der Waals surface area (Å²) in [5.41, 5.74) is 7.37. The summed E-state index contributed by atoms with van der Waals surface area (Å²) in [7, 11) is 0. The van der Waals surface area contributed by atoms with Gasteiger partial charge in [0.05, 0.1) is 11.1 Å². The molecule has 17 heavy (non-hydrogen) atoms. The number of hydrogen-bond acceptors (Lipinski definition) is 5. The number of rotatable bonds is 3. The average Bonchev–Trinajstić information content (AvgIpc) is 2.79. The highest BCUT2D eigenvalue weighted by Crippen LogP contribution is 2.22. The Morgan fingerprint density at radius 2 is 2.18 bits per heavy atom. The van der Waals surface area contributed by atoms with Gasteiger partial charge in [-0.05, 0) is 31.9 Å². The highest BCUT2D eigenvalue weighted by molar-refractivity contribution is 5.52. The van der Waals surface area contributed by atoms with Crippen molar-refractivity contribution >= 4 is 0 Å². The lowest BCUT2D eigenvalue weighted by Crippen LogP contribution is -2.33. The predicted molar refractivity (Wildman–Crippen MR) is 64.1 cm³/mol. The second-order valence-corrected chi connectivity index (χ2v) is 4.45. The van der Waals surface area contributed by atoms with Crippen LogP contribution < -0.4 is 5.73 Å². The highest BCUT2D eigenvalue weighted by Gasteiger charge is 2.25. The largest absolute Gasteiger partial charge is 0.334 e. The smallest absolute Gasteiger partial charge is 0.259 e. The Balaban J connectivity index is 2.36. The molecular formula is C12H16N4O. The van der Waals surface area contributed by atoms with E-state index in [4.69, 9.17) is 10.3 Å². The fourth-order valence-electron chi connectivity index (χ4n) is 1.40. The minimum atomic E-state index is -0.557. The molecular weight excluding hydrogens is 216 g/mol. The summed E-state index contributed by atoms with van der Waals surface area (Å²) in [5.74, 6) is 0.984. The number of nitrogens with zero attached hydrogens (tertiary/aromatic N) is 3. The van der Waals surface area contributed by atoms with Crippen LogP contribution in [0, 0.1) is 6.92 Å². The molecule has 0 radical (unpaired) electrons. The normalized spacial score (nSPS) is 14.6. The Hall–Kier alpha value is -1.75. The van der Waals surface area contributed by atoms with E-state index >= 15 is 0 Å². The van der Waals surface area contributed by atoms with Crippen LogP contribution in [-0.2, 0) is 5.54 Å². The molecule has 0 aromatic carbocycles. The highest BCUT2D eigenvalue weighted by atomic mass is 16.5. The number of aryl methyl sites for hydroxylation is 1.